The van der Waals surface area contributed by atoms with Crippen molar-refractivity contribution in [3.8, 4) is 0 Å². The third kappa shape index (κ3) is 3.31. The molecule has 0 saturated heterocycles. The molecule has 0 atom stereocenters. The first kappa shape index (κ1) is 17.4. The zero-order valence-corrected chi connectivity index (χ0v) is 15.8. The van der Waals surface area contributed by atoms with Crippen molar-refractivity contribution in [1.29, 1.82) is 0 Å². The summed E-state index contributed by atoms with van der Waals surface area (Å²) in [5.41, 5.74) is 5.16. The van der Waals surface area contributed by atoms with Gasteiger partial charge < -0.3 is 25.5 Å². The van der Waals surface area contributed by atoms with Crippen LogP contribution in [-0.4, -0.2) is 39.9 Å². The highest BCUT2D eigenvalue weighted by atomic mass is 16.2. The summed E-state index contributed by atoms with van der Waals surface area (Å²) in [6, 6.07) is 15.5. The van der Waals surface area contributed by atoms with Gasteiger partial charge in [-0.2, -0.15) is 0 Å². The average molecular weight is 387 g/mol. The number of benzene rings is 2. The van der Waals surface area contributed by atoms with Crippen LogP contribution in [0.4, 0.5) is 10.5 Å². The van der Waals surface area contributed by atoms with Crippen LogP contribution in [0.2, 0.25) is 0 Å². The van der Waals surface area contributed by atoms with Gasteiger partial charge in [-0.3, -0.25) is 4.79 Å². The number of aromatic amines is 2. The zero-order valence-electron chi connectivity index (χ0n) is 15.8. The molecule has 1 aliphatic rings. The summed E-state index contributed by atoms with van der Waals surface area (Å²) in [5.74, 6) is -0.253. The Labute approximate surface area is 167 Å². The van der Waals surface area contributed by atoms with E-state index in [1.807, 2.05) is 48.7 Å². The lowest BCUT2D eigenvalue weighted by molar-refractivity contribution is -0.115. The van der Waals surface area contributed by atoms with Crippen LogP contribution in [0.25, 0.3) is 21.8 Å². The topological polar surface area (TPSA) is 93.0 Å². The fraction of sp³-hybridized carbons (Fsp3) is 0.182. The molecular formula is C22H21N5O2. The monoisotopic (exact) mass is 387 g/mol. The maximum Gasteiger partial charge on any atom is 0.318 e. The molecular weight excluding hydrogens is 366 g/mol. The molecule has 146 valence electrons. The lowest BCUT2D eigenvalue weighted by Crippen LogP contribution is -2.45. The number of amides is 3. The molecule has 1 aliphatic heterocycles. The van der Waals surface area contributed by atoms with E-state index in [2.05, 4.69) is 26.7 Å². The minimum atomic E-state index is -0.253. The van der Waals surface area contributed by atoms with Crippen molar-refractivity contribution in [2.24, 2.45) is 0 Å². The zero-order chi connectivity index (χ0) is 19.8. The van der Waals surface area contributed by atoms with Crippen LogP contribution in [0.1, 0.15) is 11.3 Å². The van der Waals surface area contributed by atoms with Crippen molar-refractivity contribution in [3.05, 3.63) is 66.0 Å². The highest BCUT2D eigenvalue weighted by molar-refractivity contribution is 5.96. The van der Waals surface area contributed by atoms with Crippen LogP contribution in [0.15, 0.2) is 54.7 Å². The number of urea groups is 1. The summed E-state index contributed by atoms with van der Waals surface area (Å²) in [6.45, 7) is 1.08. The summed E-state index contributed by atoms with van der Waals surface area (Å²) in [4.78, 5) is 33.0. The van der Waals surface area contributed by atoms with Crippen molar-refractivity contribution < 1.29 is 9.59 Å². The van der Waals surface area contributed by atoms with Crippen LogP contribution >= 0.6 is 0 Å². The molecule has 0 saturated carbocycles. The highest BCUT2D eigenvalue weighted by Crippen LogP contribution is 2.27. The van der Waals surface area contributed by atoms with Gasteiger partial charge in [-0.05, 0) is 42.3 Å². The Kier molecular flexibility index (Phi) is 4.20. The van der Waals surface area contributed by atoms with E-state index >= 15 is 0 Å². The molecule has 0 unspecified atom stereocenters. The van der Waals surface area contributed by atoms with Gasteiger partial charge in [0.1, 0.15) is 0 Å². The minimum Gasteiger partial charge on any atom is -0.361 e. The number of carbonyl (C=O) groups excluding carboxylic acids is 2. The number of nitrogens with zero attached hydrogens (tertiary/aromatic N) is 1. The predicted molar refractivity (Wildman–Crippen MR) is 113 cm³/mol. The smallest absolute Gasteiger partial charge is 0.318 e. The molecule has 5 rings (SSSR count). The second kappa shape index (κ2) is 7.01. The van der Waals surface area contributed by atoms with E-state index < -0.39 is 0 Å². The van der Waals surface area contributed by atoms with Crippen LogP contribution < -0.4 is 10.6 Å². The summed E-state index contributed by atoms with van der Waals surface area (Å²) in [7, 11) is 0. The van der Waals surface area contributed by atoms with Gasteiger partial charge in [-0.1, -0.05) is 18.2 Å². The molecule has 2 aromatic heterocycles. The van der Waals surface area contributed by atoms with E-state index in [0.29, 0.717) is 18.8 Å². The molecule has 7 nitrogen and oxygen atoms in total. The molecule has 2 aromatic carbocycles. The molecule has 29 heavy (non-hydrogen) atoms. The molecule has 0 fully saturated rings. The van der Waals surface area contributed by atoms with Crippen LogP contribution in [0, 0.1) is 0 Å². The number of hydrogen-bond donors (Lipinski definition) is 4. The van der Waals surface area contributed by atoms with Gasteiger partial charge in [0, 0.05) is 45.9 Å². The van der Waals surface area contributed by atoms with E-state index in [1.54, 1.807) is 4.90 Å². The number of fused-ring (bicyclic) bond motifs is 4. The van der Waals surface area contributed by atoms with E-state index in [1.165, 1.54) is 10.9 Å². The van der Waals surface area contributed by atoms with Gasteiger partial charge in [0.15, 0.2) is 0 Å². The largest absolute Gasteiger partial charge is 0.361 e. The lowest BCUT2D eigenvalue weighted by Gasteiger charge is -2.27. The van der Waals surface area contributed by atoms with Gasteiger partial charge in [-0.25, -0.2) is 4.79 Å². The fourth-order valence-electron chi connectivity index (χ4n) is 3.97. The molecule has 0 spiro atoms. The standard InChI is InChI=1S/C22H21N5O2/c28-21(25-15-5-6-18-14(11-15)7-9-23-18)12-24-22(29)27-10-8-17-16-3-1-2-4-19(16)26-20(17)13-27/h1-7,9,11,23,26H,8,10,12-13H2,(H,24,29)(H,25,28). The Morgan fingerprint density at radius 2 is 1.97 bits per heavy atom. The molecule has 4 N–H and O–H groups in total. The highest BCUT2D eigenvalue weighted by Gasteiger charge is 2.24. The summed E-state index contributed by atoms with van der Waals surface area (Å²) >= 11 is 0. The molecule has 4 aromatic rings. The predicted octanol–water partition coefficient (Wildman–Crippen LogP) is 3.36. The number of carbonyl (C=O) groups is 2. The third-order valence-electron chi connectivity index (χ3n) is 5.41. The quantitative estimate of drug-likeness (QED) is 0.434. The van der Waals surface area contributed by atoms with Gasteiger partial charge in [0.05, 0.1) is 13.1 Å². The lowest BCUT2D eigenvalue weighted by atomic mass is 10.0. The second-order valence-electron chi connectivity index (χ2n) is 7.29. The number of anilines is 1. The van der Waals surface area contributed by atoms with E-state index in [0.717, 1.165) is 28.5 Å². The summed E-state index contributed by atoms with van der Waals surface area (Å²) in [6.07, 6.45) is 2.66. The Balaban J connectivity index is 1.19. The van der Waals surface area contributed by atoms with Crippen LogP contribution in [0.3, 0.4) is 0 Å². The number of nitrogens with one attached hydrogen (secondary N) is 4. The summed E-state index contributed by atoms with van der Waals surface area (Å²) in [5, 5.41) is 7.79. The molecule has 0 aliphatic carbocycles. The normalized spacial score (nSPS) is 13.4. The number of H-pyrrole nitrogens is 2. The van der Waals surface area contributed by atoms with E-state index in [4.69, 9.17) is 0 Å². The van der Waals surface area contributed by atoms with Gasteiger partial charge in [0.2, 0.25) is 5.91 Å². The molecule has 0 radical (unpaired) electrons. The van der Waals surface area contributed by atoms with Gasteiger partial charge in [-0.15, -0.1) is 0 Å². The van der Waals surface area contributed by atoms with E-state index in [-0.39, 0.29) is 18.5 Å². The minimum absolute atomic E-state index is 0.0694. The van der Waals surface area contributed by atoms with Gasteiger partial charge >= 0.3 is 6.03 Å². The van der Waals surface area contributed by atoms with Crippen molar-refractivity contribution in [2.45, 2.75) is 13.0 Å². The Hall–Kier alpha value is -3.74. The first-order chi connectivity index (χ1) is 14.2. The van der Waals surface area contributed by atoms with Crippen LogP contribution in [0.5, 0.6) is 0 Å². The van der Waals surface area contributed by atoms with Crippen LogP contribution in [-0.2, 0) is 17.8 Å². The fourth-order valence-corrected chi connectivity index (χ4v) is 3.97. The number of aromatic nitrogens is 2. The Morgan fingerprint density at radius 3 is 2.90 bits per heavy atom. The second-order valence-corrected chi connectivity index (χ2v) is 7.29. The molecule has 0 bridgehead atoms. The third-order valence-corrected chi connectivity index (χ3v) is 5.41. The van der Waals surface area contributed by atoms with Crippen molar-refractivity contribution in [2.75, 3.05) is 18.4 Å². The maximum absolute atomic E-state index is 12.5. The average Bonchev–Trinajstić information content (AvgIpc) is 3.35. The van der Waals surface area contributed by atoms with Crippen molar-refractivity contribution in [3.63, 3.8) is 0 Å². The first-order valence-corrected chi connectivity index (χ1v) is 9.65. The van der Waals surface area contributed by atoms with E-state index in [9.17, 15) is 9.59 Å². The molecule has 3 heterocycles. The maximum atomic E-state index is 12.5. The summed E-state index contributed by atoms with van der Waals surface area (Å²) < 4.78 is 0. The molecule has 3 amide bonds. The number of rotatable bonds is 3. The Bertz CT molecular complexity index is 1220. The first-order valence-electron chi connectivity index (χ1n) is 9.65. The Morgan fingerprint density at radius 1 is 1.07 bits per heavy atom. The number of para-hydroxylation sites is 1. The van der Waals surface area contributed by atoms with Gasteiger partial charge in [0.25, 0.3) is 0 Å². The molecule has 7 heteroatoms. The number of hydrogen-bond acceptors (Lipinski definition) is 2. The van der Waals surface area contributed by atoms with Crippen molar-refractivity contribution in [1.82, 2.24) is 20.2 Å². The SMILES string of the molecule is O=C(CNC(=O)N1CCc2c([nH]c3ccccc23)C1)Nc1ccc2[nH]ccc2c1. The van der Waals surface area contributed by atoms with Crippen molar-refractivity contribution >= 4 is 39.4 Å².